The van der Waals surface area contributed by atoms with Gasteiger partial charge >= 0.3 is 0 Å². The molecule has 1 aliphatic rings. The molecule has 7 heteroatoms. The van der Waals surface area contributed by atoms with Crippen LogP contribution in [0.25, 0.3) is 0 Å². The van der Waals surface area contributed by atoms with Crippen molar-refractivity contribution in [3.63, 3.8) is 0 Å². The summed E-state index contributed by atoms with van der Waals surface area (Å²) in [6.07, 6.45) is 7.73. The molecule has 1 aliphatic heterocycles. The number of hydrogen-bond acceptors (Lipinski definition) is 3. The molecule has 2 aromatic rings. The van der Waals surface area contributed by atoms with Crippen LogP contribution in [-0.2, 0) is 24.3 Å². The highest BCUT2D eigenvalue weighted by molar-refractivity contribution is 5.85. The minimum atomic E-state index is 0. The maximum absolute atomic E-state index is 12.3. The molecule has 0 spiro atoms. The van der Waals surface area contributed by atoms with Crippen molar-refractivity contribution in [1.29, 1.82) is 0 Å². The predicted octanol–water partition coefficient (Wildman–Crippen LogP) is 3.61. The summed E-state index contributed by atoms with van der Waals surface area (Å²) in [6.45, 7) is 5.74. The molecule has 1 unspecified atom stereocenters. The topological polar surface area (TPSA) is 59.0 Å². The Balaban J connectivity index is 0.00000196. The molecule has 0 aliphatic carbocycles. The van der Waals surface area contributed by atoms with Crippen LogP contribution in [0.1, 0.15) is 37.6 Å². The lowest BCUT2D eigenvalue weighted by atomic mass is 9.84. The average molecular weight is 427 g/mol. The van der Waals surface area contributed by atoms with E-state index in [-0.39, 0.29) is 30.7 Å². The Bertz CT molecular complexity index is 687. The third-order valence-corrected chi connectivity index (χ3v) is 5.43. The molecule has 1 aromatic heterocycles. The predicted molar refractivity (Wildman–Crippen MR) is 118 cm³/mol. The molecule has 2 N–H and O–H groups in total. The van der Waals surface area contributed by atoms with Crippen LogP contribution in [0.15, 0.2) is 42.7 Å². The summed E-state index contributed by atoms with van der Waals surface area (Å²) in [4.78, 5) is 16.7. The van der Waals surface area contributed by atoms with Gasteiger partial charge in [-0.05, 0) is 49.8 Å². The second-order valence-corrected chi connectivity index (χ2v) is 7.32. The number of aryl methyl sites for hydroxylation is 2. The lowest BCUT2D eigenvalue weighted by Gasteiger charge is -2.27. The van der Waals surface area contributed by atoms with Crippen LogP contribution >= 0.6 is 24.8 Å². The minimum Gasteiger partial charge on any atom is -0.349 e. The Morgan fingerprint density at radius 3 is 2.68 bits per heavy atom. The first kappa shape index (κ1) is 24.5. The van der Waals surface area contributed by atoms with Gasteiger partial charge in [0.25, 0.3) is 0 Å². The molecule has 1 aromatic carbocycles. The van der Waals surface area contributed by atoms with Crippen LogP contribution in [-0.4, -0.2) is 28.5 Å². The Labute approximate surface area is 180 Å². The van der Waals surface area contributed by atoms with E-state index in [1.807, 2.05) is 18.5 Å². The van der Waals surface area contributed by atoms with E-state index in [9.17, 15) is 4.79 Å². The second kappa shape index (κ2) is 12.8. The Kier molecular flexibility index (Phi) is 11.2. The van der Waals surface area contributed by atoms with Gasteiger partial charge in [-0.15, -0.1) is 24.8 Å². The van der Waals surface area contributed by atoms with Gasteiger partial charge < -0.3 is 15.2 Å². The zero-order valence-electron chi connectivity index (χ0n) is 16.5. The number of hydrogen-bond donors (Lipinski definition) is 2. The van der Waals surface area contributed by atoms with Crippen LogP contribution < -0.4 is 10.6 Å². The number of aromatic nitrogens is 2. The minimum absolute atomic E-state index is 0. The van der Waals surface area contributed by atoms with Crippen molar-refractivity contribution < 1.29 is 4.79 Å². The number of amides is 1. The van der Waals surface area contributed by atoms with E-state index in [0.717, 1.165) is 31.9 Å². The van der Waals surface area contributed by atoms with Gasteiger partial charge in [-0.3, -0.25) is 4.79 Å². The summed E-state index contributed by atoms with van der Waals surface area (Å²) in [5.74, 6) is 2.15. The third kappa shape index (κ3) is 7.46. The average Bonchev–Trinajstić information content (AvgIpc) is 3.13. The molecule has 5 nitrogen and oxygen atoms in total. The number of piperidine rings is 1. The zero-order chi connectivity index (χ0) is 18.2. The number of carbonyl (C=O) groups excluding carboxylic acids is 1. The fraction of sp³-hybridized carbons (Fsp3) is 0.524. The van der Waals surface area contributed by atoms with Crippen molar-refractivity contribution in [2.75, 3.05) is 13.1 Å². The number of benzene rings is 1. The van der Waals surface area contributed by atoms with Crippen molar-refractivity contribution in [2.45, 2.75) is 45.7 Å². The third-order valence-electron chi connectivity index (χ3n) is 5.43. The van der Waals surface area contributed by atoms with Crippen LogP contribution in [0.4, 0.5) is 0 Å². The molecule has 1 fully saturated rings. The van der Waals surface area contributed by atoms with Gasteiger partial charge in [-0.2, -0.15) is 0 Å². The van der Waals surface area contributed by atoms with Crippen LogP contribution in [0.5, 0.6) is 0 Å². The Hall–Kier alpha value is -1.56. The summed E-state index contributed by atoms with van der Waals surface area (Å²) in [5.41, 5.74) is 1.31. The summed E-state index contributed by atoms with van der Waals surface area (Å²) >= 11 is 0. The standard InChI is InChI=1S/C21H30N4O.2ClH/c1-17(19-7-10-22-11-8-19)15-21(26)24-16-20-23-12-14-25(20)13-9-18-5-3-2-4-6-18;;/h2-6,12,14,17,19,22H,7-11,13,15-16H2,1H3,(H,24,26);2*1H. The quantitative estimate of drug-likeness (QED) is 0.677. The van der Waals surface area contributed by atoms with Gasteiger partial charge in [-0.25, -0.2) is 4.98 Å². The summed E-state index contributed by atoms with van der Waals surface area (Å²) in [5, 5.41) is 6.44. The first-order valence-electron chi connectivity index (χ1n) is 9.73. The molecule has 1 atom stereocenters. The summed E-state index contributed by atoms with van der Waals surface area (Å²) in [6, 6.07) is 10.4. The molecule has 0 radical (unpaired) electrons. The van der Waals surface area contributed by atoms with E-state index in [4.69, 9.17) is 0 Å². The number of nitrogens with one attached hydrogen (secondary N) is 2. The molecular formula is C21H32Cl2N4O. The van der Waals surface area contributed by atoms with Crippen LogP contribution in [0.3, 0.4) is 0 Å². The lowest BCUT2D eigenvalue weighted by molar-refractivity contribution is -0.122. The molecule has 156 valence electrons. The summed E-state index contributed by atoms with van der Waals surface area (Å²) < 4.78 is 2.13. The monoisotopic (exact) mass is 426 g/mol. The van der Waals surface area contributed by atoms with Crippen molar-refractivity contribution in [3.8, 4) is 0 Å². The van der Waals surface area contributed by atoms with Gasteiger partial charge in [0.1, 0.15) is 5.82 Å². The van der Waals surface area contributed by atoms with E-state index in [2.05, 4.69) is 51.4 Å². The first-order valence-corrected chi connectivity index (χ1v) is 9.73. The number of rotatable bonds is 8. The molecule has 28 heavy (non-hydrogen) atoms. The number of imidazole rings is 1. The van der Waals surface area contributed by atoms with E-state index >= 15 is 0 Å². The second-order valence-electron chi connectivity index (χ2n) is 7.32. The van der Waals surface area contributed by atoms with Gasteiger partial charge in [0.05, 0.1) is 6.54 Å². The largest absolute Gasteiger partial charge is 0.349 e. The normalized spacial score (nSPS) is 15.2. The highest BCUT2D eigenvalue weighted by Gasteiger charge is 2.22. The summed E-state index contributed by atoms with van der Waals surface area (Å²) in [7, 11) is 0. The number of carbonyl (C=O) groups is 1. The van der Waals surface area contributed by atoms with E-state index < -0.39 is 0 Å². The Morgan fingerprint density at radius 1 is 1.25 bits per heavy atom. The fourth-order valence-corrected chi connectivity index (χ4v) is 3.73. The van der Waals surface area contributed by atoms with Crippen LogP contribution in [0.2, 0.25) is 0 Å². The van der Waals surface area contributed by atoms with E-state index in [1.165, 1.54) is 18.4 Å². The number of nitrogens with zero attached hydrogens (tertiary/aromatic N) is 2. The Morgan fingerprint density at radius 2 is 1.96 bits per heavy atom. The highest BCUT2D eigenvalue weighted by Crippen LogP contribution is 2.24. The smallest absolute Gasteiger partial charge is 0.220 e. The maximum atomic E-state index is 12.3. The van der Waals surface area contributed by atoms with Crippen molar-refractivity contribution in [3.05, 3.63) is 54.1 Å². The maximum Gasteiger partial charge on any atom is 0.220 e. The van der Waals surface area contributed by atoms with Gasteiger partial charge in [0, 0.05) is 25.4 Å². The van der Waals surface area contributed by atoms with Crippen molar-refractivity contribution in [2.24, 2.45) is 11.8 Å². The molecule has 1 amide bonds. The molecular weight excluding hydrogens is 395 g/mol. The van der Waals surface area contributed by atoms with E-state index in [0.29, 0.717) is 24.8 Å². The molecule has 2 heterocycles. The fourth-order valence-electron chi connectivity index (χ4n) is 3.73. The van der Waals surface area contributed by atoms with Gasteiger partial charge in [0.2, 0.25) is 5.91 Å². The van der Waals surface area contributed by atoms with Crippen LogP contribution in [0, 0.1) is 11.8 Å². The van der Waals surface area contributed by atoms with E-state index in [1.54, 1.807) is 0 Å². The van der Waals surface area contributed by atoms with Crippen molar-refractivity contribution >= 4 is 30.7 Å². The lowest BCUT2D eigenvalue weighted by Crippen LogP contribution is -2.33. The highest BCUT2D eigenvalue weighted by atomic mass is 35.5. The van der Waals surface area contributed by atoms with Crippen molar-refractivity contribution in [1.82, 2.24) is 20.2 Å². The van der Waals surface area contributed by atoms with Gasteiger partial charge in [0.15, 0.2) is 0 Å². The molecule has 0 saturated carbocycles. The molecule has 1 saturated heterocycles. The molecule has 3 rings (SSSR count). The number of halogens is 2. The van der Waals surface area contributed by atoms with Gasteiger partial charge in [-0.1, -0.05) is 37.3 Å². The first-order chi connectivity index (χ1) is 12.7. The molecule has 0 bridgehead atoms. The zero-order valence-corrected chi connectivity index (χ0v) is 18.1. The SMILES string of the molecule is CC(CC(=O)NCc1nccn1CCc1ccccc1)C1CCNCC1.Cl.Cl.